The average Bonchev–Trinajstić information content (AvgIpc) is 2.52. The van der Waals surface area contributed by atoms with E-state index in [0.717, 1.165) is 6.20 Å². The van der Waals surface area contributed by atoms with Gasteiger partial charge in [-0.05, 0) is 30.2 Å². The number of nitrogens with one attached hydrogen (secondary N) is 1. The molecule has 136 valence electrons. The molecule has 0 atom stereocenters. The molecule has 0 bridgehead atoms. The van der Waals surface area contributed by atoms with E-state index in [1.807, 2.05) is 0 Å². The number of benzene rings is 1. The van der Waals surface area contributed by atoms with E-state index >= 15 is 0 Å². The normalized spacial score (nSPS) is 12.0. The van der Waals surface area contributed by atoms with Crippen LogP contribution in [0.15, 0.2) is 41.6 Å². The highest BCUT2D eigenvalue weighted by molar-refractivity contribution is 7.93. The van der Waals surface area contributed by atoms with E-state index in [4.69, 9.17) is 21.5 Å². The van der Waals surface area contributed by atoms with Crippen LogP contribution in [0.5, 0.6) is 5.75 Å². The van der Waals surface area contributed by atoms with Crippen LogP contribution in [0.4, 0.5) is 5.69 Å². The number of primary sulfonamides is 1. The summed E-state index contributed by atoms with van der Waals surface area (Å²) in [5, 5.41) is 5.53. The third kappa shape index (κ3) is 5.30. The summed E-state index contributed by atoms with van der Waals surface area (Å²) in [6.07, 6.45) is 2.38. The Balaban J connectivity index is 2.19. The third-order valence-corrected chi connectivity index (χ3v) is 5.69. The number of sulfonamides is 2. The Morgan fingerprint density at radius 1 is 1.24 bits per heavy atom. The minimum Gasteiger partial charge on any atom is -0.496 e. The Kier molecular flexibility index (Phi) is 5.88. The maximum Gasteiger partial charge on any atom is 0.241 e. The Bertz CT molecular complexity index is 978. The summed E-state index contributed by atoms with van der Waals surface area (Å²) in [5.41, 5.74) is 0.499. The molecule has 0 spiro atoms. The van der Waals surface area contributed by atoms with E-state index in [-0.39, 0.29) is 17.9 Å². The lowest BCUT2D eigenvalue weighted by Gasteiger charge is -2.12. The van der Waals surface area contributed by atoms with Gasteiger partial charge in [0.25, 0.3) is 0 Å². The fourth-order valence-corrected chi connectivity index (χ4v) is 4.04. The van der Waals surface area contributed by atoms with Crippen LogP contribution < -0.4 is 14.6 Å². The van der Waals surface area contributed by atoms with Gasteiger partial charge < -0.3 is 4.74 Å². The standard InChI is InChI=1S/C14H16ClN3O5S2/c1-23-13-8-11(15)3-2-10(13)5-7-24(19,20)18-12-4-6-17-9-14(12)25(16,21)22/h2-4,6,8-9H,5,7H2,1H3,(H,17,18)(H2,16,21,22). The Morgan fingerprint density at radius 2 is 1.96 bits per heavy atom. The van der Waals surface area contributed by atoms with Gasteiger partial charge in [-0.2, -0.15) is 0 Å². The monoisotopic (exact) mass is 405 g/mol. The first-order chi connectivity index (χ1) is 11.6. The van der Waals surface area contributed by atoms with Gasteiger partial charge in [0.2, 0.25) is 20.0 Å². The Labute approximate surface area is 151 Å². The highest BCUT2D eigenvalue weighted by Crippen LogP contribution is 2.24. The van der Waals surface area contributed by atoms with E-state index in [1.54, 1.807) is 18.2 Å². The Hall–Kier alpha value is -1.88. The predicted octanol–water partition coefficient (Wildman–Crippen LogP) is 1.38. The van der Waals surface area contributed by atoms with E-state index < -0.39 is 24.9 Å². The fourth-order valence-electron chi connectivity index (χ4n) is 2.08. The lowest BCUT2D eigenvalue weighted by atomic mass is 10.1. The highest BCUT2D eigenvalue weighted by Gasteiger charge is 2.19. The number of anilines is 1. The smallest absolute Gasteiger partial charge is 0.241 e. The van der Waals surface area contributed by atoms with Crippen molar-refractivity contribution in [3.63, 3.8) is 0 Å². The zero-order chi connectivity index (χ0) is 18.7. The van der Waals surface area contributed by atoms with Crippen LogP contribution in [-0.4, -0.2) is 34.7 Å². The average molecular weight is 406 g/mol. The number of methoxy groups -OCH3 is 1. The molecule has 2 aromatic rings. The van der Waals surface area contributed by atoms with Gasteiger partial charge in [-0.1, -0.05) is 17.7 Å². The maximum absolute atomic E-state index is 12.3. The number of pyridine rings is 1. The van der Waals surface area contributed by atoms with Crippen molar-refractivity contribution in [3.05, 3.63) is 47.2 Å². The van der Waals surface area contributed by atoms with Crippen LogP contribution in [0.2, 0.25) is 5.02 Å². The van der Waals surface area contributed by atoms with Gasteiger partial charge in [-0.15, -0.1) is 0 Å². The lowest BCUT2D eigenvalue weighted by molar-refractivity contribution is 0.410. The number of nitrogens with two attached hydrogens (primary N) is 1. The van der Waals surface area contributed by atoms with E-state index in [2.05, 4.69) is 9.71 Å². The van der Waals surface area contributed by atoms with Crippen molar-refractivity contribution in [2.24, 2.45) is 5.14 Å². The second-order valence-corrected chi connectivity index (χ2v) is 8.85. The largest absolute Gasteiger partial charge is 0.496 e. The van der Waals surface area contributed by atoms with Crippen LogP contribution >= 0.6 is 11.6 Å². The molecule has 1 aromatic heterocycles. The van der Waals surface area contributed by atoms with Crippen LogP contribution in [0.1, 0.15) is 5.56 Å². The molecule has 1 aromatic carbocycles. The quantitative estimate of drug-likeness (QED) is 0.715. The SMILES string of the molecule is COc1cc(Cl)ccc1CCS(=O)(=O)Nc1ccncc1S(N)(=O)=O. The summed E-state index contributed by atoms with van der Waals surface area (Å²) in [6.45, 7) is 0. The zero-order valence-electron chi connectivity index (χ0n) is 13.1. The molecular weight excluding hydrogens is 390 g/mol. The number of hydrogen-bond acceptors (Lipinski definition) is 6. The number of aryl methyl sites for hydroxylation is 1. The topological polar surface area (TPSA) is 128 Å². The molecule has 0 saturated heterocycles. The molecule has 8 nitrogen and oxygen atoms in total. The predicted molar refractivity (Wildman–Crippen MR) is 94.7 cm³/mol. The molecule has 0 fully saturated rings. The molecule has 0 amide bonds. The number of halogens is 1. The zero-order valence-corrected chi connectivity index (χ0v) is 15.5. The molecular formula is C14H16ClN3O5S2. The minimum absolute atomic E-state index is 0.144. The summed E-state index contributed by atoms with van der Waals surface area (Å²) >= 11 is 5.87. The third-order valence-electron chi connectivity index (χ3n) is 3.25. The molecule has 0 saturated carbocycles. The number of hydrogen-bond donors (Lipinski definition) is 2. The summed E-state index contributed by atoms with van der Waals surface area (Å²) < 4.78 is 55.0. The van der Waals surface area contributed by atoms with E-state index in [0.29, 0.717) is 16.3 Å². The number of nitrogens with zero attached hydrogens (tertiary/aromatic N) is 1. The van der Waals surface area contributed by atoms with E-state index in [9.17, 15) is 16.8 Å². The molecule has 0 aliphatic heterocycles. The fraction of sp³-hybridized carbons (Fsp3) is 0.214. The van der Waals surface area contributed by atoms with Gasteiger partial charge in [0.1, 0.15) is 10.6 Å². The molecule has 0 aliphatic carbocycles. The van der Waals surface area contributed by atoms with Crippen molar-refractivity contribution < 1.29 is 21.6 Å². The molecule has 25 heavy (non-hydrogen) atoms. The van der Waals surface area contributed by atoms with Crippen LogP contribution in [-0.2, 0) is 26.5 Å². The minimum atomic E-state index is -4.11. The van der Waals surface area contributed by atoms with Crippen molar-refractivity contribution in [1.82, 2.24) is 4.98 Å². The second kappa shape index (κ2) is 7.56. The van der Waals surface area contributed by atoms with Crippen molar-refractivity contribution in [1.29, 1.82) is 0 Å². The van der Waals surface area contributed by atoms with Crippen molar-refractivity contribution in [2.45, 2.75) is 11.3 Å². The van der Waals surface area contributed by atoms with Gasteiger partial charge in [-0.3, -0.25) is 9.71 Å². The summed E-state index contributed by atoms with van der Waals surface area (Å²) in [6, 6.07) is 6.10. The van der Waals surface area contributed by atoms with Gasteiger partial charge in [-0.25, -0.2) is 22.0 Å². The van der Waals surface area contributed by atoms with Crippen LogP contribution in [0, 0.1) is 0 Å². The van der Waals surface area contributed by atoms with Crippen molar-refractivity contribution >= 4 is 37.3 Å². The maximum atomic E-state index is 12.3. The molecule has 3 N–H and O–H groups in total. The molecule has 2 rings (SSSR count). The van der Waals surface area contributed by atoms with Gasteiger partial charge >= 0.3 is 0 Å². The second-order valence-electron chi connectivity index (χ2n) is 5.04. The van der Waals surface area contributed by atoms with Crippen molar-refractivity contribution in [3.8, 4) is 5.75 Å². The van der Waals surface area contributed by atoms with Crippen LogP contribution in [0.25, 0.3) is 0 Å². The first-order valence-corrected chi connectivity index (χ1v) is 10.5. The molecule has 1 heterocycles. The first kappa shape index (κ1) is 19.4. The van der Waals surface area contributed by atoms with Crippen molar-refractivity contribution in [2.75, 3.05) is 17.6 Å². The van der Waals surface area contributed by atoms with Gasteiger partial charge in [0.05, 0.1) is 18.6 Å². The number of rotatable bonds is 7. The lowest BCUT2D eigenvalue weighted by Crippen LogP contribution is -2.21. The summed E-state index contributed by atoms with van der Waals surface area (Å²) in [5.74, 6) is 0.175. The first-order valence-electron chi connectivity index (χ1n) is 6.92. The molecule has 0 aliphatic rings. The van der Waals surface area contributed by atoms with Crippen LogP contribution in [0.3, 0.4) is 0 Å². The Morgan fingerprint density at radius 3 is 2.60 bits per heavy atom. The molecule has 11 heteroatoms. The highest BCUT2D eigenvalue weighted by atomic mass is 35.5. The summed E-state index contributed by atoms with van der Waals surface area (Å²) in [7, 11) is -6.49. The van der Waals surface area contributed by atoms with Gasteiger partial charge in [0, 0.05) is 17.4 Å². The summed E-state index contributed by atoms with van der Waals surface area (Å²) in [4.78, 5) is 3.24. The molecule has 0 radical (unpaired) electrons. The number of ether oxygens (including phenoxy) is 1. The van der Waals surface area contributed by atoms with Gasteiger partial charge in [0.15, 0.2) is 0 Å². The van der Waals surface area contributed by atoms with E-state index in [1.165, 1.54) is 19.4 Å². The molecule has 0 unspecified atom stereocenters. The number of aromatic nitrogens is 1.